The van der Waals surface area contributed by atoms with E-state index in [1.807, 2.05) is 0 Å². The van der Waals surface area contributed by atoms with E-state index in [1.54, 1.807) is 0 Å². The molecule has 3 fully saturated rings. The first-order valence-electron chi connectivity index (χ1n) is 14.7. The van der Waals surface area contributed by atoms with Crippen LogP contribution in [-0.4, -0.2) is 182 Å². The Morgan fingerprint density at radius 2 is 1.59 bits per heavy atom. The summed E-state index contributed by atoms with van der Waals surface area (Å²) in [5, 5.41) is 99.6. The van der Waals surface area contributed by atoms with Crippen LogP contribution in [-0.2, 0) is 19.0 Å². The third-order valence-corrected chi connectivity index (χ3v) is 8.58. The van der Waals surface area contributed by atoms with Crippen LogP contribution in [0.5, 0.6) is 0 Å². The number of carbonyl (C=O) groups excluding carboxylic acids is 1. The molecule has 0 aromatic carbocycles. The lowest BCUT2D eigenvalue weighted by molar-refractivity contribution is -0.310. The van der Waals surface area contributed by atoms with Gasteiger partial charge in [0.15, 0.2) is 6.29 Å². The van der Waals surface area contributed by atoms with Crippen molar-refractivity contribution in [2.75, 3.05) is 32.8 Å². The van der Waals surface area contributed by atoms with Gasteiger partial charge in [0.1, 0.15) is 48.8 Å². The monoisotopic (exact) mass is 642 g/mol. The zero-order valence-corrected chi connectivity index (χ0v) is 24.2. The SMILES string of the molecule is NCCC(O)CNC[C@H]1O[C@H](C2[C@@H](N)C[C@@H](NC(=O)[C@@H](O)CN)[C@H](O[C@H]3O[C@H](CO)[C@@H](O)[C@H](N)[C@H]3O)[C@H]2O)[C@H](O)[C@@H](O)[C@@H]1O. The van der Waals surface area contributed by atoms with Crippen LogP contribution in [0.15, 0.2) is 0 Å². The number of hydrogen-bond acceptors (Lipinski definition) is 18. The van der Waals surface area contributed by atoms with Gasteiger partial charge in [-0.1, -0.05) is 0 Å². The molecule has 0 radical (unpaired) electrons. The molecule has 3 aliphatic rings. The van der Waals surface area contributed by atoms with Crippen molar-refractivity contribution < 1.29 is 65.0 Å². The van der Waals surface area contributed by atoms with E-state index < -0.39 is 123 Å². The second-order valence-corrected chi connectivity index (χ2v) is 11.7. The van der Waals surface area contributed by atoms with Gasteiger partial charge >= 0.3 is 0 Å². The summed E-state index contributed by atoms with van der Waals surface area (Å²) >= 11 is 0. The predicted molar refractivity (Wildman–Crippen MR) is 149 cm³/mol. The van der Waals surface area contributed by atoms with Crippen LogP contribution in [0.3, 0.4) is 0 Å². The minimum absolute atomic E-state index is 0.0679. The Balaban J connectivity index is 1.86. The molecule has 0 spiro atoms. The van der Waals surface area contributed by atoms with Crippen LogP contribution in [0.25, 0.3) is 0 Å². The lowest BCUT2D eigenvalue weighted by atomic mass is 9.72. The maximum Gasteiger partial charge on any atom is 0.250 e. The molecule has 2 aliphatic heterocycles. The molecule has 1 saturated carbocycles. The minimum atomic E-state index is -1.74. The van der Waals surface area contributed by atoms with Crippen molar-refractivity contribution in [1.82, 2.24) is 10.6 Å². The first kappa shape index (κ1) is 37.2. The number of hydrogen-bond donors (Lipinski definition) is 15. The fourth-order valence-corrected chi connectivity index (χ4v) is 5.97. The topological polar surface area (TPSA) is 355 Å². The molecule has 0 aromatic heterocycles. The summed E-state index contributed by atoms with van der Waals surface area (Å²) in [6, 6.07) is -3.48. The van der Waals surface area contributed by atoms with Crippen LogP contribution in [0.2, 0.25) is 0 Å². The molecular formula is C25H50N6O13. The number of nitrogens with one attached hydrogen (secondary N) is 2. The minimum Gasteiger partial charge on any atom is -0.394 e. The number of amides is 1. The number of ether oxygens (including phenoxy) is 3. The molecule has 44 heavy (non-hydrogen) atoms. The molecule has 258 valence electrons. The van der Waals surface area contributed by atoms with Gasteiger partial charge in [0.25, 0.3) is 0 Å². The van der Waals surface area contributed by atoms with Crippen molar-refractivity contribution in [2.24, 2.45) is 28.9 Å². The first-order valence-corrected chi connectivity index (χ1v) is 14.7. The van der Waals surface area contributed by atoms with Crippen molar-refractivity contribution >= 4 is 5.91 Å². The second-order valence-electron chi connectivity index (χ2n) is 11.7. The maximum atomic E-state index is 12.6. The van der Waals surface area contributed by atoms with E-state index in [1.165, 1.54) is 0 Å². The van der Waals surface area contributed by atoms with Gasteiger partial charge in [0, 0.05) is 31.6 Å². The fraction of sp³-hybridized carbons (Fsp3) is 0.960. The largest absolute Gasteiger partial charge is 0.394 e. The number of aliphatic hydroxyl groups excluding tert-OH is 9. The van der Waals surface area contributed by atoms with Crippen LogP contribution >= 0.6 is 0 Å². The van der Waals surface area contributed by atoms with Gasteiger partial charge in [0.05, 0.1) is 43.1 Å². The van der Waals surface area contributed by atoms with Crippen molar-refractivity contribution in [1.29, 1.82) is 0 Å². The van der Waals surface area contributed by atoms with Gasteiger partial charge in [-0.15, -0.1) is 0 Å². The summed E-state index contributed by atoms with van der Waals surface area (Å²) in [5.74, 6) is -2.12. The molecule has 2 unspecified atom stereocenters. The van der Waals surface area contributed by atoms with E-state index in [2.05, 4.69) is 10.6 Å². The molecule has 19 heteroatoms. The highest BCUT2D eigenvalue weighted by Gasteiger charge is 2.56. The van der Waals surface area contributed by atoms with Gasteiger partial charge in [-0.3, -0.25) is 4.79 Å². The van der Waals surface area contributed by atoms with Crippen molar-refractivity contribution in [3.63, 3.8) is 0 Å². The maximum absolute atomic E-state index is 12.6. The molecule has 1 amide bonds. The van der Waals surface area contributed by atoms with Gasteiger partial charge in [-0.05, 0) is 19.4 Å². The zero-order valence-electron chi connectivity index (χ0n) is 24.2. The van der Waals surface area contributed by atoms with Crippen LogP contribution in [0, 0.1) is 5.92 Å². The molecule has 19 nitrogen and oxygen atoms in total. The second kappa shape index (κ2) is 16.6. The Labute approximate surface area is 254 Å². The summed E-state index contributed by atoms with van der Waals surface area (Å²) in [6.45, 7) is -0.826. The third-order valence-electron chi connectivity index (χ3n) is 8.58. The molecule has 17 atom stereocenters. The zero-order chi connectivity index (χ0) is 32.9. The van der Waals surface area contributed by atoms with Crippen molar-refractivity contribution in [3.05, 3.63) is 0 Å². The number of aliphatic hydroxyl groups is 9. The van der Waals surface area contributed by atoms with Gasteiger partial charge in [-0.25, -0.2) is 0 Å². The van der Waals surface area contributed by atoms with Crippen LogP contribution < -0.4 is 33.6 Å². The average molecular weight is 643 g/mol. The van der Waals surface area contributed by atoms with E-state index in [4.69, 9.17) is 37.1 Å². The highest BCUT2D eigenvalue weighted by Crippen LogP contribution is 2.37. The summed E-state index contributed by atoms with van der Waals surface area (Å²) in [7, 11) is 0. The lowest BCUT2D eigenvalue weighted by Gasteiger charge is -2.52. The molecule has 2 saturated heterocycles. The van der Waals surface area contributed by atoms with Crippen LogP contribution in [0.4, 0.5) is 0 Å². The fourth-order valence-electron chi connectivity index (χ4n) is 5.97. The number of rotatable bonds is 13. The smallest absolute Gasteiger partial charge is 0.250 e. The van der Waals surface area contributed by atoms with Gasteiger partial charge in [-0.2, -0.15) is 0 Å². The van der Waals surface area contributed by atoms with E-state index in [-0.39, 0.29) is 26.1 Å². The number of nitrogens with two attached hydrogens (primary N) is 4. The Kier molecular flexibility index (Phi) is 14.0. The van der Waals surface area contributed by atoms with E-state index in [0.717, 1.165) is 0 Å². The Bertz CT molecular complexity index is 897. The quantitative estimate of drug-likeness (QED) is 0.0886. The highest BCUT2D eigenvalue weighted by molar-refractivity contribution is 5.81. The standard InChI is InChI=1S/C25H50N6O13/c26-2-1-8(33)5-30-6-12-17(36)20(39)21(40)23(42-12)14-9(28)3-10(31-24(41)11(34)4-27)22(18(14)37)44-25-19(38)15(29)16(35)13(7-32)43-25/h8-23,25,30,32-40H,1-7,26-29H2,(H,31,41)/t8?,9-,10+,11-,12+,13+,14?,15-,16+,17+,18-,19+,20-,21+,22-,23+,25+/m0/s1. The summed E-state index contributed by atoms with van der Waals surface area (Å²) in [6.07, 6.45) is -18.9. The van der Waals surface area contributed by atoms with Crippen LogP contribution in [0.1, 0.15) is 12.8 Å². The predicted octanol–water partition coefficient (Wildman–Crippen LogP) is -9.20. The summed E-state index contributed by atoms with van der Waals surface area (Å²) in [5.41, 5.74) is 23.1. The van der Waals surface area contributed by atoms with E-state index in [0.29, 0.717) is 6.42 Å². The molecule has 19 N–H and O–H groups in total. The van der Waals surface area contributed by atoms with Crippen molar-refractivity contribution in [2.45, 2.75) is 111 Å². The summed E-state index contributed by atoms with van der Waals surface area (Å²) in [4.78, 5) is 12.6. The molecule has 0 aromatic rings. The third kappa shape index (κ3) is 8.38. The molecule has 3 rings (SSSR count). The Hall–Kier alpha value is -1.21. The normalized spacial score (nSPS) is 44.6. The molecule has 0 bridgehead atoms. The summed E-state index contributed by atoms with van der Waals surface area (Å²) < 4.78 is 17.4. The highest BCUT2D eigenvalue weighted by atomic mass is 16.7. The van der Waals surface area contributed by atoms with Gasteiger partial charge < -0.3 is 93.7 Å². The van der Waals surface area contributed by atoms with Crippen molar-refractivity contribution in [3.8, 4) is 0 Å². The van der Waals surface area contributed by atoms with E-state index >= 15 is 0 Å². The Morgan fingerprint density at radius 1 is 0.909 bits per heavy atom. The molecule has 2 heterocycles. The average Bonchev–Trinajstić information content (AvgIpc) is 2.99. The molecular weight excluding hydrogens is 592 g/mol. The lowest BCUT2D eigenvalue weighted by Crippen LogP contribution is -2.71. The molecule has 1 aliphatic carbocycles. The van der Waals surface area contributed by atoms with Gasteiger partial charge in [0.2, 0.25) is 5.91 Å². The Morgan fingerprint density at radius 3 is 2.20 bits per heavy atom. The van der Waals surface area contributed by atoms with E-state index in [9.17, 15) is 50.8 Å². The number of carbonyl (C=O) groups is 1. The first-order chi connectivity index (χ1) is 20.8.